The van der Waals surface area contributed by atoms with Crippen LogP contribution in [0.2, 0.25) is 0 Å². The van der Waals surface area contributed by atoms with Crippen molar-refractivity contribution in [1.29, 1.82) is 0 Å². The third kappa shape index (κ3) is 5.16. The van der Waals surface area contributed by atoms with Crippen LogP contribution < -0.4 is 14.5 Å². The Labute approximate surface area is 212 Å². The van der Waals surface area contributed by atoms with E-state index in [4.69, 9.17) is 9.15 Å². The Morgan fingerprint density at radius 1 is 1.05 bits per heavy atom. The molecule has 1 aliphatic rings. The van der Waals surface area contributed by atoms with E-state index in [1.807, 2.05) is 0 Å². The van der Waals surface area contributed by atoms with Gasteiger partial charge in [0.25, 0.3) is 5.91 Å². The van der Waals surface area contributed by atoms with Crippen molar-refractivity contribution in [3.63, 3.8) is 0 Å². The first kappa shape index (κ1) is 26.5. The average molecular weight is 521 g/mol. The van der Waals surface area contributed by atoms with Gasteiger partial charge in [0, 0.05) is 18.7 Å². The number of alkyl halides is 3. The van der Waals surface area contributed by atoms with Crippen LogP contribution in [0.3, 0.4) is 0 Å². The first-order chi connectivity index (χ1) is 17.4. The minimum absolute atomic E-state index is 0.0472. The van der Waals surface area contributed by atoms with Gasteiger partial charge in [0.1, 0.15) is 11.6 Å². The van der Waals surface area contributed by atoms with Crippen LogP contribution >= 0.6 is 0 Å². The van der Waals surface area contributed by atoms with E-state index in [2.05, 4.69) is 0 Å². The lowest BCUT2D eigenvalue weighted by atomic mass is 9.74. The van der Waals surface area contributed by atoms with E-state index in [1.54, 1.807) is 30.3 Å². The number of β-amino-alcohol motifs (C(OH)–C–C–N with tert-alkyl or cyclic N) is 1. The molecule has 2 aromatic carbocycles. The van der Waals surface area contributed by atoms with E-state index in [0.717, 1.165) is 12.1 Å². The molecule has 1 N–H and O–H groups in total. The molecule has 0 spiro atoms. The fraction of sp³-hybridized carbons (Fsp3) is 0.370. The van der Waals surface area contributed by atoms with Gasteiger partial charge in [-0.15, -0.1) is 0 Å². The molecule has 10 heteroatoms. The number of anilines is 2. The van der Waals surface area contributed by atoms with Crippen LogP contribution in [0, 0.1) is 5.82 Å². The SMILES string of the molecule is COc1ccc(F)cc1C(C)(C)CC(O)(CN1CCN(C(=O)c2ccco2)c2ccccc21)C(F)(F)F. The number of rotatable bonds is 7. The van der Waals surface area contributed by atoms with Crippen molar-refractivity contribution in [1.82, 2.24) is 0 Å². The van der Waals surface area contributed by atoms with E-state index < -0.39 is 41.9 Å². The second kappa shape index (κ2) is 9.74. The molecule has 1 unspecified atom stereocenters. The van der Waals surface area contributed by atoms with Crippen molar-refractivity contribution in [3.05, 3.63) is 78.0 Å². The fourth-order valence-electron chi connectivity index (χ4n) is 4.93. The van der Waals surface area contributed by atoms with Gasteiger partial charge in [0.05, 0.1) is 31.3 Å². The van der Waals surface area contributed by atoms with Crippen molar-refractivity contribution in [2.45, 2.75) is 37.5 Å². The molecular weight excluding hydrogens is 492 g/mol. The average Bonchev–Trinajstić information content (AvgIpc) is 3.38. The lowest BCUT2D eigenvalue weighted by Gasteiger charge is -2.44. The first-order valence-corrected chi connectivity index (χ1v) is 11.7. The number of halogens is 4. The molecule has 198 valence electrons. The van der Waals surface area contributed by atoms with Gasteiger partial charge >= 0.3 is 6.18 Å². The predicted octanol–water partition coefficient (Wildman–Crippen LogP) is 5.56. The van der Waals surface area contributed by atoms with Crippen LogP contribution in [-0.4, -0.2) is 49.5 Å². The monoisotopic (exact) mass is 520 g/mol. The highest BCUT2D eigenvalue weighted by molar-refractivity contribution is 6.06. The molecule has 0 saturated heterocycles. The summed E-state index contributed by atoms with van der Waals surface area (Å²) in [5, 5.41) is 11.2. The Hall–Kier alpha value is -3.53. The molecule has 0 aliphatic carbocycles. The molecule has 4 rings (SSSR count). The summed E-state index contributed by atoms with van der Waals surface area (Å²) in [5.41, 5.74) is -3.47. The van der Waals surface area contributed by atoms with Crippen molar-refractivity contribution in [3.8, 4) is 5.75 Å². The van der Waals surface area contributed by atoms with E-state index >= 15 is 0 Å². The van der Waals surface area contributed by atoms with E-state index in [9.17, 15) is 27.5 Å². The number of methoxy groups -OCH3 is 1. The highest BCUT2D eigenvalue weighted by Gasteiger charge is 2.57. The number of amides is 1. The minimum Gasteiger partial charge on any atom is -0.496 e. The lowest BCUT2D eigenvalue weighted by molar-refractivity contribution is -0.262. The molecule has 0 radical (unpaired) electrons. The van der Waals surface area contributed by atoms with Gasteiger partial charge in [-0.05, 0) is 54.3 Å². The summed E-state index contributed by atoms with van der Waals surface area (Å²) in [5.74, 6) is -0.694. The number of fused-ring (bicyclic) bond motifs is 1. The summed E-state index contributed by atoms with van der Waals surface area (Å²) in [4.78, 5) is 15.8. The van der Waals surface area contributed by atoms with Crippen LogP contribution in [0.1, 0.15) is 36.4 Å². The summed E-state index contributed by atoms with van der Waals surface area (Å²) in [6.07, 6.45) is -4.38. The third-order valence-corrected chi connectivity index (χ3v) is 6.69. The van der Waals surface area contributed by atoms with E-state index in [-0.39, 0.29) is 30.2 Å². The highest BCUT2D eigenvalue weighted by Crippen LogP contribution is 2.45. The largest absolute Gasteiger partial charge is 0.496 e. The van der Waals surface area contributed by atoms with E-state index in [1.165, 1.54) is 49.2 Å². The Morgan fingerprint density at radius 2 is 1.76 bits per heavy atom. The third-order valence-electron chi connectivity index (χ3n) is 6.69. The quantitative estimate of drug-likeness (QED) is 0.414. The summed E-state index contributed by atoms with van der Waals surface area (Å²) < 4.78 is 67.9. The second-order valence-electron chi connectivity index (χ2n) is 9.78. The Balaban J connectivity index is 1.67. The maximum Gasteiger partial charge on any atom is 0.418 e. The van der Waals surface area contributed by atoms with Crippen molar-refractivity contribution in [2.75, 3.05) is 36.5 Å². The van der Waals surface area contributed by atoms with E-state index in [0.29, 0.717) is 11.4 Å². The number of para-hydroxylation sites is 2. The highest BCUT2D eigenvalue weighted by atomic mass is 19.4. The number of benzene rings is 2. The van der Waals surface area contributed by atoms with Crippen LogP contribution in [0.5, 0.6) is 5.75 Å². The van der Waals surface area contributed by atoms with Crippen molar-refractivity contribution < 1.29 is 36.6 Å². The minimum atomic E-state index is -5.00. The van der Waals surface area contributed by atoms with Crippen LogP contribution in [0.25, 0.3) is 0 Å². The number of carbonyl (C=O) groups is 1. The molecule has 0 saturated carbocycles. The number of carbonyl (C=O) groups excluding carboxylic acids is 1. The summed E-state index contributed by atoms with van der Waals surface area (Å²) >= 11 is 0. The molecule has 1 aromatic heterocycles. The van der Waals surface area contributed by atoms with Gasteiger partial charge < -0.3 is 24.1 Å². The Kier molecular flexibility index (Phi) is 6.98. The van der Waals surface area contributed by atoms with Gasteiger partial charge in [0.15, 0.2) is 11.4 Å². The molecule has 3 aromatic rings. The van der Waals surface area contributed by atoms with Crippen LogP contribution in [0.15, 0.2) is 65.3 Å². The number of nitrogens with zero attached hydrogens (tertiary/aromatic N) is 2. The van der Waals surface area contributed by atoms with Gasteiger partial charge in [-0.2, -0.15) is 13.2 Å². The number of furan rings is 1. The zero-order valence-corrected chi connectivity index (χ0v) is 20.7. The zero-order chi connectivity index (χ0) is 27.0. The second-order valence-corrected chi connectivity index (χ2v) is 9.78. The lowest BCUT2D eigenvalue weighted by Crippen LogP contribution is -2.58. The molecule has 1 atom stereocenters. The maximum absolute atomic E-state index is 14.5. The topological polar surface area (TPSA) is 66.2 Å². The summed E-state index contributed by atoms with van der Waals surface area (Å²) in [7, 11) is 1.35. The summed E-state index contributed by atoms with van der Waals surface area (Å²) in [6.45, 7) is 2.37. The van der Waals surface area contributed by atoms with Gasteiger partial charge in [0.2, 0.25) is 0 Å². The standard InChI is InChI=1S/C27H28F4N2O4/c1-25(2,19-15-18(28)10-11-22(19)36-3)16-26(35,27(29,30)31)17-32-12-13-33(21-8-5-4-7-20(21)32)24(34)23-9-6-14-37-23/h4-11,14-15,35H,12-13,16-17H2,1-3H3. The molecule has 6 nitrogen and oxygen atoms in total. The van der Waals surface area contributed by atoms with Gasteiger partial charge in [-0.25, -0.2) is 4.39 Å². The first-order valence-electron chi connectivity index (χ1n) is 11.7. The molecule has 37 heavy (non-hydrogen) atoms. The zero-order valence-electron chi connectivity index (χ0n) is 20.7. The number of ether oxygens (including phenoxy) is 1. The fourth-order valence-corrected chi connectivity index (χ4v) is 4.93. The molecule has 1 aliphatic heterocycles. The molecule has 0 bridgehead atoms. The van der Waals surface area contributed by atoms with Gasteiger partial charge in [-0.3, -0.25) is 4.79 Å². The summed E-state index contributed by atoms with van der Waals surface area (Å²) in [6, 6.07) is 13.3. The number of aliphatic hydroxyl groups is 1. The molecular formula is C27H28F4N2O4. The van der Waals surface area contributed by atoms with Crippen molar-refractivity contribution >= 4 is 17.3 Å². The number of hydrogen-bond donors (Lipinski definition) is 1. The Morgan fingerprint density at radius 3 is 2.38 bits per heavy atom. The molecule has 2 heterocycles. The molecule has 1 amide bonds. The number of hydrogen-bond acceptors (Lipinski definition) is 5. The van der Waals surface area contributed by atoms with Crippen LogP contribution in [-0.2, 0) is 5.41 Å². The maximum atomic E-state index is 14.5. The smallest absolute Gasteiger partial charge is 0.418 e. The molecule has 0 fully saturated rings. The Bertz CT molecular complexity index is 1260. The normalized spacial score (nSPS) is 15.8. The van der Waals surface area contributed by atoms with Crippen molar-refractivity contribution in [2.24, 2.45) is 0 Å². The predicted molar refractivity (Wildman–Crippen MR) is 131 cm³/mol. The van der Waals surface area contributed by atoms with Crippen LogP contribution in [0.4, 0.5) is 28.9 Å². The van der Waals surface area contributed by atoms with Gasteiger partial charge in [-0.1, -0.05) is 26.0 Å².